The van der Waals surface area contributed by atoms with E-state index in [2.05, 4.69) is 10.2 Å². The van der Waals surface area contributed by atoms with Crippen molar-refractivity contribution in [3.05, 3.63) is 35.9 Å². The normalized spacial score (nSPS) is 15.0. The number of rotatable bonds is 4. The third kappa shape index (κ3) is 2.13. The third-order valence-electron chi connectivity index (χ3n) is 1.66. The second-order valence-electron chi connectivity index (χ2n) is 2.71. The summed E-state index contributed by atoms with van der Waals surface area (Å²) in [6.07, 6.45) is 0.119. The van der Waals surface area contributed by atoms with Gasteiger partial charge in [0.15, 0.2) is 0 Å². The highest BCUT2D eigenvalue weighted by Crippen LogP contribution is 2.10. The highest BCUT2D eigenvalue weighted by atomic mass is 16.5. The van der Waals surface area contributed by atoms with Crippen LogP contribution < -0.4 is 0 Å². The predicted molar refractivity (Wildman–Crippen MR) is 44.7 cm³/mol. The fourth-order valence-corrected chi connectivity index (χ4v) is 0.970. The van der Waals surface area contributed by atoms with Crippen LogP contribution in [0.5, 0.6) is 0 Å². The molecule has 3 nitrogen and oxygen atoms in total. The van der Waals surface area contributed by atoms with E-state index >= 15 is 0 Å². The van der Waals surface area contributed by atoms with Crippen molar-refractivity contribution in [3.63, 3.8) is 0 Å². The van der Waals surface area contributed by atoms with Crippen LogP contribution in [-0.2, 0) is 11.3 Å². The van der Waals surface area contributed by atoms with Gasteiger partial charge < -0.3 is 4.74 Å². The zero-order valence-electron chi connectivity index (χ0n) is 6.68. The number of hydrogen-bond donors (Lipinski definition) is 0. The van der Waals surface area contributed by atoms with Crippen LogP contribution in [0.15, 0.2) is 40.6 Å². The van der Waals surface area contributed by atoms with Crippen molar-refractivity contribution >= 4 is 0 Å². The molecule has 0 aromatic heterocycles. The molecule has 0 saturated heterocycles. The first-order chi connectivity index (χ1) is 5.95. The molecule has 0 saturated carbocycles. The Hall–Kier alpha value is -1.22. The van der Waals surface area contributed by atoms with E-state index in [9.17, 15) is 0 Å². The van der Waals surface area contributed by atoms with Crippen molar-refractivity contribution in [2.24, 2.45) is 10.2 Å². The Morgan fingerprint density at radius 3 is 2.58 bits per heavy atom. The number of ether oxygens (including phenoxy) is 1. The maximum absolute atomic E-state index is 5.36. The molecule has 0 fully saturated rings. The average molecular weight is 162 g/mol. The van der Waals surface area contributed by atoms with Gasteiger partial charge >= 0.3 is 0 Å². The standard InChI is InChI=1S/C9H10N2O/c1-2-4-8(5-3-1)6-12-7-9-10-11-9/h1-5,9H,6-7H2. The van der Waals surface area contributed by atoms with E-state index in [0.29, 0.717) is 13.2 Å². The van der Waals surface area contributed by atoms with Crippen molar-refractivity contribution in [1.82, 2.24) is 0 Å². The molecule has 0 radical (unpaired) electrons. The molecule has 0 N–H and O–H groups in total. The van der Waals surface area contributed by atoms with Gasteiger partial charge in [-0.2, -0.15) is 10.2 Å². The molecule has 12 heavy (non-hydrogen) atoms. The Bertz CT molecular complexity index is 265. The van der Waals surface area contributed by atoms with Gasteiger partial charge in [0.05, 0.1) is 13.2 Å². The SMILES string of the molecule is c1ccc(COCC2N=N2)cc1. The molecule has 0 bridgehead atoms. The van der Waals surface area contributed by atoms with Crippen LogP contribution in [0.1, 0.15) is 5.56 Å². The van der Waals surface area contributed by atoms with Gasteiger partial charge in [-0.25, -0.2) is 0 Å². The van der Waals surface area contributed by atoms with E-state index in [-0.39, 0.29) is 6.17 Å². The second kappa shape index (κ2) is 3.45. The zero-order chi connectivity index (χ0) is 8.23. The molecule has 2 rings (SSSR count). The third-order valence-corrected chi connectivity index (χ3v) is 1.66. The number of hydrogen-bond acceptors (Lipinski definition) is 3. The molecule has 3 heteroatoms. The minimum Gasteiger partial charge on any atom is -0.372 e. The fourth-order valence-electron chi connectivity index (χ4n) is 0.970. The fraction of sp³-hybridized carbons (Fsp3) is 0.333. The summed E-state index contributed by atoms with van der Waals surface area (Å²) < 4.78 is 5.36. The Morgan fingerprint density at radius 2 is 1.92 bits per heavy atom. The quantitative estimate of drug-likeness (QED) is 0.666. The molecule has 1 aromatic carbocycles. The van der Waals surface area contributed by atoms with E-state index in [0.717, 1.165) is 0 Å². The van der Waals surface area contributed by atoms with E-state index in [1.807, 2.05) is 30.3 Å². The van der Waals surface area contributed by atoms with Crippen LogP contribution in [0, 0.1) is 0 Å². The largest absolute Gasteiger partial charge is 0.372 e. The average Bonchev–Trinajstić information content (AvgIpc) is 2.90. The van der Waals surface area contributed by atoms with Crippen molar-refractivity contribution in [2.45, 2.75) is 12.8 Å². The number of benzene rings is 1. The summed E-state index contributed by atoms with van der Waals surface area (Å²) in [5.74, 6) is 0. The summed E-state index contributed by atoms with van der Waals surface area (Å²) in [4.78, 5) is 0. The second-order valence-corrected chi connectivity index (χ2v) is 2.71. The van der Waals surface area contributed by atoms with E-state index in [1.165, 1.54) is 5.56 Å². The van der Waals surface area contributed by atoms with Crippen LogP contribution in [0.3, 0.4) is 0 Å². The molecule has 0 amide bonds. The van der Waals surface area contributed by atoms with E-state index in [4.69, 9.17) is 4.74 Å². The van der Waals surface area contributed by atoms with E-state index in [1.54, 1.807) is 0 Å². The van der Waals surface area contributed by atoms with Gasteiger partial charge in [-0.15, -0.1) is 0 Å². The minimum atomic E-state index is 0.119. The molecule has 0 atom stereocenters. The lowest BCUT2D eigenvalue weighted by Crippen LogP contribution is -2.00. The summed E-state index contributed by atoms with van der Waals surface area (Å²) in [5.41, 5.74) is 1.19. The van der Waals surface area contributed by atoms with Crippen LogP contribution in [0.4, 0.5) is 0 Å². The van der Waals surface area contributed by atoms with Crippen molar-refractivity contribution in [2.75, 3.05) is 6.61 Å². The van der Waals surface area contributed by atoms with Gasteiger partial charge in [-0.3, -0.25) is 0 Å². The lowest BCUT2D eigenvalue weighted by Gasteiger charge is -2.00. The first-order valence-electron chi connectivity index (χ1n) is 3.97. The molecule has 1 heterocycles. The highest BCUT2D eigenvalue weighted by Gasteiger charge is 2.14. The first kappa shape index (κ1) is 7.43. The molecule has 62 valence electrons. The molecule has 1 aliphatic heterocycles. The summed E-state index contributed by atoms with van der Waals surface area (Å²) in [7, 11) is 0. The first-order valence-corrected chi connectivity index (χ1v) is 3.97. The van der Waals surface area contributed by atoms with Crippen molar-refractivity contribution < 1.29 is 4.74 Å². The predicted octanol–water partition coefficient (Wildman–Crippen LogP) is 2.00. The Kier molecular flexibility index (Phi) is 2.14. The molecule has 0 spiro atoms. The lowest BCUT2D eigenvalue weighted by molar-refractivity contribution is 0.121. The van der Waals surface area contributed by atoms with Gasteiger partial charge in [0.2, 0.25) is 6.17 Å². The van der Waals surface area contributed by atoms with Gasteiger partial charge in [0.25, 0.3) is 0 Å². The summed E-state index contributed by atoms with van der Waals surface area (Å²) >= 11 is 0. The Labute approximate surface area is 71.1 Å². The van der Waals surface area contributed by atoms with Crippen molar-refractivity contribution in [3.8, 4) is 0 Å². The molecule has 0 aliphatic carbocycles. The smallest absolute Gasteiger partial charge is 0.204 e. The van der Waals surface area contributed by atoms with Gasteiger partial charge in [0.1, 0.15) is 0 Å². The summed E-state index contributed by atoms with van der Waals surface area (Å²) in [6.45, 7) is 1.28. The maximum Gasteiger partial charge on any atom is 0.204 e. The summed E-state index contributed by atoms with van der Waals surface area (Å²) in [5, 5.41) is 7.47. The molecule has 0 unspecified atom stereocenters. The van der Waals surface area contributed by atoms with Gasteiger partial charge in [0, 0.05) is 0 Å². The Balaban J connectivity index is 1.72. The van der Waals surface area contributed by atoms with Crippen LogP contribution in [0.25, 0.3) is 0 Å². The summed E-state index contributed by atoms with van der Waals surface area (Å²) in [6, 6.07) is 10.1. The van der Waals surface area contributed by atoms with Crippen LogP contribution >= 0.6 is 0 Å². The minimum absolute atomic E-state index is 0.119. The zero-order valence-corrected chi connectivity index (χ0v) is 6.68. The topological polar surface area (TPSA) is 34.0 Å². The molecular weight excluding hydrogens is 152 g/mol. The molecule has 1 aromatic rings. The van der Waals surface area contributed by atoms with Crippen LogP contribution in [0.2, 0.25) is 0 Å². The highest BCUT2D eigenvalue weighted by molar-refractivity contribution is 5.13. The van der Waals surface area contributed by atoms with E-state index < -0.39 is 0 Å². The van der Waals surface area contributed by atoms with Crippen LogP contribution in [-0.4, -0.2) is 12.8 Å². The van der Waals surface area contributed by atoms with Crippen molar-refractivity contribution in [1.29, 1.82) is 0 Å². The van der Waals surface area contributed by atoms with Gasteiger partial charge in [-0.05, 0) is 5.56 Å². The molecular formula is C9H10N2O. The monoisotopic (exact) mass is 162 g/mol. The molecule has 1 aliphatic rings. The van der Waals surface area contributed by atoms with Gasteiger partial charge in [-0.1, -0.05) is 30.3 Å². The maximum atomic E-state index is 5.36. The Morgan fingerprint density at radius 1 is 1.17 bits per heavy atom. The number of nitrogens with zero attached hydrogens (tertiary/aromatic N) is 2. The lowest BCUT2D eigenvalue weighted by atomic mass is 10.2.